The fraction of sp³-hybridized carbons (Fsp3) is 0.500. The third-order valence-corrected chi connectivity index (χ3v) is 2.49. The number of aromatic nitrogens is 1. The molecule has 0 radical (unpaired) electrons. The highest BCUT2D eigenvalue weighted by molar-refractivity contribution is 5.76. The molecule has 4 heteroatoms. The number of anilines is 1. The van der Waals surface area contributed by atoms with Crippen molar-refractivity contribution in [3.8, 4) is 0 Å². The van der Waals surface area contributed by atoms with E-state index >= 15 is 0 Å². The van der Waals surface area contributed by atoms with E-state index < -0.39 is 0 Å². The molecule has 0 bridgehead atoms. The molecule has 16 heavy (non-hydrogen) atoms. The Morgan fingerprint density at radius 2 is 2.31 bits per heavy atom. The third-order valence-electron chi connectivity index (χ3n) is 2.49. The lowest BCUT2D eigenvalue weighted by Crippen LogP contribution is -2.25. The van der Waals surface area contributed by atoms with Crippen LogP contribution in [0.5, 0.6) is 0 Å². The van der Waals surface area contributed by atoms with Crippen molar-refractivity contribution >= 4 is 11.7 Å². The van der Waals surface area contributed by atoms with Crippen molar-refractivity contribution in [1.29, 1.82) is 0 Å². The zero-order valence-corrected chi connectivity index (χ0v) is 9.28. The Labute approximate surface area is 95.5 Å². The van der Waals surface area contributed by atoms with Gasteiger partial charge in [-0.15, -0.1) is 0 Å². The highest BCUT2D eigenvalue weighted by atomic mass is 16.1. The maximum Gasteiger partial charge on any atom is 0.220 e. The standard InChI is InChI=1S/C12H17N3O/c16-12(15-10-6-7-10)5-3-9-14-11-4-1-2-8-13-11/h1-2,4,8,10H,3,5-7,9H2,(H,13,14)(H,15,16). The SMILES string of the molecule is O=C(CCCNc1ccccn1)NC1CC1. The molecule has 2 rings (SSSR count). The third kappa shape index (κ3) is 3.88. The first-order chi connectivity index (χ1) is 7.84. The Kier molecular flexibility index (Phi) is 3.75. The van der Waals surface area contributed by atoms with Gasteiger partial charge in [0.25, 0.3) is 0 Å². The summed E-state index contributed by atoms with van der Waals surface area (Å²) < 4.78 is 0. The molecule has 4 nitrogen and oxygen atoms in total. The Balaban J connectivity index is 1.56. The van der Waals surface area contributed by atoms with Crippen LogP contribution in [0.2, 0.25) is 0 Å². The number of amides is 1. The van der Waals surface area contributed by atoms with Crippen LogP contribution >= 0.6 is 0 Å². The van der Waals surface area contributed by atoms with Crippen molar-refractivity contribution in [1.82, 2.24) is 10.3 Å². The van der Waals surface area contributed by atoms with Gasteiger partial charge in [0.05, 0.1) is 0 Å². The van der Waals surface area contributed by atoms with Gasteiger partial charge in [-0.25, -0.2) is 4.98 Å². The monoisotopic (exact) mass is 219 g/mol. The molecular weight excluding hydrogens is 202 g/mol. The summed E-state index contributed by atoms with van der Waals surface area (Å²) in [6.45, 7) is 0.787. The minimum Gasteiger partial charge on any atom is -0.370 e. The number of carbonyl (C=O) groups excluding carboxylic acids is 1. The van der Waals surface area contributed by atoms with Gasteiger partial charge in [-0.3, -0.25) is 4.79 Å². The molecule has 1 aliphatic carbocycles. The van der Waals surface area contributed by atoms with E-state index in [4.69, 9.17) is 0 Å². The molecule has 0 atom stereocenters. The molecule has 0 spiro atoms. The van der Waals surface area contributed by atoms with Gasteiger partial charge in [-0.1, -0.05) is 6.07 Å². The van der Waals surface area contributed by atoms with Crippen molar-refractivity contribution in [2.45, 2.75) is 31.7 Å². The smallest absolute Gasteiger partial charge is 0.220 e. The van der Waals surface area contributed by atoms with Crippen LogP contribution < -0.4 is 10.6 Å². The van der Waals surface area contributed by atoms with Gasteiger partial charge in [0.15, 0.2) is 0 Å². The molecular formula is C12H17N3O. The van der Waals surface area contributed by atoms with Crippen LogP contribution in [0, 0.1) is 0 Å². The fourth-order valence-electron chi connectivity index (χ4n) is 1.46. The maximum absolute atomic E-state index is 11.4. The number of nitrogens with one attached hydrogen (secondary N) is 2. The molecule has 1 fully saturated rings. The average molecular weight is 219 g/mol. The number of rotatable bonds is 6. The summed E-state index contributed by atoms with van der Waals surface area (Å²) in [5, 5.41) is 6.15. The van der Waals surface area contributed by atoms with E-state index in [1.165, 1.54) is 0 Å². The second-order valence-electron chi connectivity index (χ2n) is 4.09. The van der Waals surface area contributed by atoms with Crippen molar-refractivity contribution in [2.75, 3.05) is 11.9 Å². The van der Waals surface area contributed by atoms with Gasteiger partial charge in [-0.05, 0) is 31.4 Å². The molecule has 0 unspecified atom stereocenters. The number of nitrogens with zero attached hydrogens (tertiary/aromatic N) is 1. The summed E-state index contributed by atoms with van der Waals surface area (Å²) in [4.78, 5) is 15.5. The quantitative estimate of drug-likeness (QED) is 0.714. The number of pyridine rings is 1. The van der Waals surface area contributed by atoms with Crippen LogP contribution in [0.4, 0.5) is 5.82 Å². The van der Waals surface area contributed by atoms with E-state index in [9.17, 15) is 4.79 Å². The molecule has 1 amide bonds. The summed E-state index contributed by atoms with van der Waals surface area (Å²) in [6.07, 6.45) is 5.49. The summed E-state index contributed by atoms with van der Waals surface area (Å²) in [6, 6.07) is 6.21. The number of hydrogen-bond donors (Lipinski definition) is 2. The summed E-state index contributed by atoms with van der Waals surface area (Å²) in [7, 11) is 0. The first-order valence-corrected chi connectivity index (χ1v) is 5.79. The van der Waals surface area contributed by atoms with Crippen molar-refractivity contribution in [2.24, 2.45) is 0 Å². The predicted molar refractivity (Wildman–Crippen MR) is 63.1 cm³/mol. The van der Waals surface area contributed by atoms with Crippen LogP contribution in [0.3, 0.4) is 0 Å². The Morgan fingerprint density at radius 3 is 3.00 bits per heavy atom. The molecule has 1 aliphatic rings. The molecule has 0 saturated heterocycles. The summed E-state index contributed by atoms with van der Waals surface area (Å²) >= 11 is 0. The van der Waals surface area contributed by atoms with Gasteiger partial charge in [0, 0.05) is 25.2 Å². The largest absolute Gasteiger partial charge is 0.370 e. The highest BCUT2D eigenvalue weighted by Crippen LogP contribution is 2.18. The van der Waals surface area contributed by atoms with Gasteiger partial charge < -0.3 is 10.6 Å². The lowest BCUT2D eigenvalue weighted by Gasteiger charge is -2.05. The van der Waals surface area contributed by atoms with Crippen molar-refractivity contribution in [3.63, 3.8) is 0 Å². The Bertz CT molecular complexity index is 335. The molecule has 1 heterocycles. The van der Waals surface area contributed by atoms with Crippen LogP contribution in [0.25, 0.3) is 0 Å². The lowest BCUT2D eigenvalue weighted by molar-refractivity contribution is -0.121. The Morgan fingerprint density at radius 1 is 1.44 bits per heavy atom. The zero-order chi connectivity index (χ0) is 11.2. The lowest BCUT2D eigenvalue weighted by atomic mass is 10.3. The summed E-state index contributed by atoms with van der Waals surface area (Å²) in [5.74, 6) is 1.04. The second kappa shape index (κ2) is 5.49. The van der Waals surface area contributed by atoms with Gasteiger partial charge >= 0.3 is 0 Å². The fourth-order valence-corrected chi connectivity index (χ4v) is 1.46. The highest BCUT2D eigenvalue weighted by Gasteiger charge is 2.22. The molecule has 1 aromatic rings. The van der Waals surface area contributed by atoms with E-state index in [-0.39, 0.29) is 5.91 Å². The van der Waals surface area contributed by atoms with E-state index in [2.05, 4.69) is 15.6 Å². The van der Waals surface area contributed by atoms with Gasteiger partial charge in [-0.2, -0.15) is 0 Å². The molecule has 2 N–H and O–H groups in total. The minimum atomic E-state index is 0.172. The zero-order valence-electron chi connectivity index (χ0n) is 9.28. The van der Waals surface area contributed by atoms with Gasteiger partial charge in [0.2, 0.25) is 5.91 Å². The van der Waals surface area contributed by atoms with Crippen LogP contribution in [0.1, 0.15) is 25.7 Å². The van der Waals surface area contributed by atoms with E-state index in [1.54, 1.807) is 6.20 Å². The van der Waals surface area contributed by atoms with Crippen LogP contribution in [-0.4, -0.2) is 23.5 Å². The van der Waals surface area contributed by atoms with E-state index in [1.807, 2.05) is 18.2 Å². The average Bonchev–Trinajstić information content (AvgIpc) is 3.10. The maximum atomic E-state index is 11.4. The molecule has 0 aromatic carbocycles. The second-order valence-corrected chi connectivity index (χ2v) is 4.09. The van der Waals surface area contributed by atoms with Gasteiger partial charge in [0.1, 0.15) is 5.82 Å². The normalized spacial score (nSPS) is 14.5. The van der Waals surface area contributed by atoms with Crippen molar-refractivity contribution in [3.05, 3.63) is 24.4 Å². The summed E-state index contributed by atoms with van der Waals surface area (Å²) in [5.41, 5.74) is 0. The molecule has 1 aromatic heterocycles. The first-order valence-electron chi connectivity index (χ1n) is 5.79. The van der Waals surface area contributed by atoms with Crippen LogP contribution in [-0.2, 0) is 4.79 Å². The Hall–Kier alpha value is -1.58. The van der Waals surface area contributed by atoms with E-state index in [0.717, 1.165) is 31.6 Å². The molecule has 86 valence electrons. The number of hydrogen-bond acceptors (Lipinski definition) is 3. The van der Waals surface area contributed by atoms with E-state index in [0.29, 0.717) is 12.5 Å². The predicted octanol–water partition coefficient (Wildman–Crippen LogP) is 1.55. The minimum absolute atomic E-state index is 0.172. The van der Waals surface area contributed by atoms with Crippen molar-refractivity contribution < 1.29 is 4.79 Å². The number of carbonyl (C=O) groups is 1. The molecule has 0 aliphatic heterocycles. The topological polar surface area (TPSA) is 54.0 Å². The molecule has 1 saturated carbocycles. The first kappa shape index (κ1) is 10.9. The van der Waals surface area contributed by atoms with Crippen LogP contribution in [0.15, 0.2) is 24.4 Å².